The van der Waals surface area contributed by atoms with E-state index in [4.69, 9.17) is 26.3 Å². The number of benzene rings is 2. The summed E-state index contributed by atoms with van der Waals surface area (Å²) >= 11 is 5.89. The Bertz CT molecular complexity index is 1700. The first-order chi connectivity index (χ1) is 18.0. The minimum Gasteiger partial charge on any atom is -0.497 e. The van der Waals surface area contributed by atoms with Crippen LogP contribution in [0, 0.1) is 17.1 Å². The Labute approximate surface area is 215 Å². The molecule has 0 unspecified atom stereocenters. The van der Waals surface area contributed by atoms with Gasteiger partial charge in [-0.1, -0.05) is 11.6 Å². The topological polar surface area (TPSA) is 123 Å². The number of nitrogens with zero attached hydrogens (tertiary/aromatic N) is 4. The van der Waals surface area contributed by atoms with E-state index in [1.165, 1.54) is 31.4 Å². The zero-order valence-corrected chi connectivity index (χ0v) is 19.9. The van der Waals surface area contributed by atoms with Gasteiger partial charge in [-0.3, -0.25) is 14.2 Å². The third kappa shape index (κ3) is 5.50. The Morgan fingerprint density at radius 3 is 2.55 bits per heavy atom. The molecule has 0 aliphatic rings. The molecular weight excluding hydrogens is 534 g/mol. The van der Waals surface area contributed by atoms with Crippen molar-refractivity contribution in [3.63, 3.8) is 0 Å². The third-order valence-corrected chi connectivity index (χ3v) is 5.36. The third-order valence-electron chi connectivity index (χ3n) is 5.14. The molecule has 2 aromatic carbocycles. The van der Waals surface area contributed by atoms with Crippen LogP contribution in [0.3, 0.4) is 0 Å². The standard InChI is InChI=1S/C24H14ClF4N5O4/c1-37-15-2-3-19(26)17(8-15)18-7-14(32-33-22(18)35)10-34-11-31-21(24(27,28)29)20(23(34)36)38-16-5-12(9-30)4-13(25)6-16/h2-8,11H,10H2,1H3,(H,33,35). The maximum absolute atomic E-state index is 14.4. The first-order valence-electron chi connectivity index (χ1n) is 10.5. The molecule has 14 heteroatoms. The normalized spacial score (nSPS) is 11.2. The lowest BCUT2D eigenvalue weighted by molar-refractivity contribution is -0.142. The molecule has 0 amide bonds. The second-order valence-electron chi connectivity index (χ2n) is 7.69. The SMILES string of the molecule is COc1ccc(F)c(-c2cc(Cn3cnc(C(F)(F)F)c(Oc4cc(Cl)cc(C#N)c4)c3=O)n[nH]c2=O)c1. The number of aromatic nitrogens is 4. The second kappa shape index (κ2) is 10.3. The summed E-state index contributed by atoms with van der Waals surface area (Å²) in [7, 11) is 1.35. The van der Waals surface area contributed by atoms with E-state index in [1.54, 1.807) is 6.07 Å². The number of nitriles is 1. The van der Waals surface area contributed by atoms with Crippen LogP contribution in [-0.4, -0.2) is 26.9 Å². The molecule has 0 atom stereocenters. The Balaban J connectivity index is 1.78. The number of alkyl halides is 3. The Hall–Kier alpha value is -4.70. The van der Waals surface area contributed by atoms with Gasteiger partial charge in [-0.25, -0.2) is 14.5 Å². The van der Waals surface area contributed by atoms with Crippen molar-refractivity contribution >= 4 is 11.6 Å². The van der Waals surface area contributed by atoms with Gasteiger partial charge in [0.15, 0.2) is 5.69 Å². The number of ether oxygens (including phenoxy) is 2. The summed E-state index contributed by atoms with van der Waals surface area (Å²) in [5, 5.41) is 15.0. The van der Waals surface area contributed by atoms with Crippen LogP contribution in [-0.2, 0) is 12.7 Å². The lowest BCUT2D eigenvalue weighted by Crippen LogP contribution is -2.27. The molecule has 38 heavy (non-hydrogen) atoms. The van der Waals surface area contributed by atoms with Crippen LogP contribution in [0.15, 0.2) is 58.4 Å². The van der Waals surface area contributed by atoms with Crippen LogP contribution in [0.4, 0.5) is 17.6 Å². The number of methoxy groups -OCH3 is 1. The fourth-order valence-electron chi connectivity index (χ4n) is 3.42. The van der Waals surface area contributed by atoms with Crippen molar-refractivity contribution in [2.75, 3.05) is 7.11 Å². The minimum atomic E-state index is -5.06. The lowest BCUT2D eigenvalue weighted by Gasteiger charge is -2.15. The summed E-state index contributed by atoms with van der Waals surface area (Å²) in [4.78, 5) is 28.8. The number of nitrogens with one attached hydrogen (secondary N) is 1. The highest BCUT2D eigenvalue weighted by Crippen LogP contribution is 2.35. The molecule has 1 N–H and O–H groups in total. The molecule has 0 fully saturated rings. The van der Waals surface area contributed by atoms with Crippen LogP contribution >= 0.6 is 11.6 Å². The first kappa shape index (κ1) is 26.4. The van der Waals surface area contributed by atoms with Crippen LogP contribution in [0.2, 0.25) is 5.02 Å². The van der Waals surface area contributed by atoms with Gasteiger partial charge in [-0.05, 0) is 42.5 Å². The van der Waals surface area contributed by atoms with E-state index in [0.29, 0.717) is 6.33 Å². The van der Waals surface area contributed by atoms with Crippen LogP contribution in [0.5, 0.6) is 17.2 Å². The summed E-state index contributed by atoms with van der Waals surface area (Å²) in [5.74, 6) is -1.94. The first-order valence-corrected chi connectivity index (χ1v) is 10.9. The number of H-pyrrole nitrogens is 1. The van der Waals surface area contributed by atoms with Gasteiger partial charge in [0.25, 0.3) is 11.1 Å². The Morgan fingerprint density at radius 1 is 1.11 bits per heavy atom. The number of halogens is 5. The van der Waals surface area contributed by atoms with Crippen LogP contribution in [0.1, 0.15) is 17.0 Å². The molecule has 194 valence electrons. The Morgan fingerprint density at radius 2 is 1.87 bits per heavy atom. The van der Waals surface area contributed by atoms with E-state index < -0.39 is 41.1 Å². The molecule has 2 heterocycles. The van der Waals surface area contributed by atoms with E-state index in [0.717, 1.165) is 22.8 Å². The van der Waals surface area contributed by atoms with E-state index in [-0.39, 0.29) is 38.9 Å². The molecule has 4 rings (SSSR count). The summed E-state index contributed by atoms with van der Waals surface area (Å²) in [6.45, 7) is -0.464. The lowest BCUT2D eigenvalue weighted by atomic mass is 10.1. The number of rotatable bonds is 6. The summed E-state index contributed by atoms with van der Waals surface area (Å²) in [6.07, 6.45) is -4.42. The smallest absolute Gasteiger partial charge is 0.437 e. The summed E-state index contributed by atoms with van der Waals surface area (Å²) in [5.41, 5.74) is -3.90. The molecule has 9 nitrogen and oxygen atoms in total. The highest BCUT2D eigenvalue weighted by atomic mass is 35.5. The zero-order chi connectivity index (χ0) is 27.6. The van der Waals surface area contributed by atoms with Crippen molar-refractivity contribution in [1.82, 2.24) is 19.7 Å². The van der Waals surface area contributed by atoms with Gasteiger partial charge >= 0.3 is 6.18 Å². The molecule has 0 aliphatic carbocycles. The molecule has 4 aromatic rings. The van der Waals surface area contributed by atoms with Crippen LogP contribution in [0.25, 0.3) is 11.1 Å². The zero-order valence-electron chi connectivity index (χ0n) is 19.1. The number of hydrogen-bond acceptors (Lipinski definition) is 7. The fraction of sp³-hybridized carbons (Fsp3) is 0.125. The largest absolute Gasteiger partial charge is 0.497 e. The predicted molar refractivity (Wildman–Crippen MR) is 126 cm³/mol. The quantitative estimate of drug-likeness (QED) is 0.352. The monoisotopic (exact) mass is 547 g/mol. The van der Waals surface area contributed by atoms with Crippen molar-refractivity contribution in [2.45, 2.75) is 12.7 Å². The molecule has 0 spiro atoms. The van der Waals surface area contributed by atoms with E-state index >= 15 is 0 Å². The molecule has 0 bridgehead atoms. The number of aromatic amines is 1. The second-order valence-corrected chi connectivity index (χ2v) is 8.13. The average Bonchev–Trinajstić information content (AvgIpc) is 2.87. The summed E-state index contributed by atoms with van der Waals surface area (Å²) < 4.78 is 66.4. The molecule has 0 radical (unpaired) electrons. The van der Waals surface area contributed by atoms with Crippen molar-refractivity contribution in [3.8, 4) is 34.4 Å². The maximum atomic E-state index is 14.4. The van der Waals surface area contributed by atoms with Gasteiger partial charge in [-0.15, -0.1) is 0 Å². The predicted octanol–water partition coefficient (Wildman–Crippen LogP) is 4.53. The van der Waals surface area contributed by atoms with Gasteiger partial charge < -0.3 is 9.47 Å². The molecule has 0 saturated heterocycles. The minimum absolute atomic E-state index is 0.00781. The van der Waals surface area contributed by atoms with Crippen LogP contribution < -0.4 is 20.6 Å². The van der Waals surface area contributed by atoms with Crippen molar-refractivity contribution in [1.29, 1.82) is 5.26 Å². The molecule has 0 aliphatic heterocycles. The maximum Gasteiger partial charge on any atom is 0.437 e. The Kier molecular flexibility index (Phi) is 7.18. The van der Waals surface area contributed by atoms with Gasteiger partial charge in [-0.2, -0.15) is 23.5 Å². The van der Waals surface area contributed by atoms with E-state index in [1.807, 2.05) is 0 Å². The van der Waals surface area contributed by atoms with Gasteiger partial charge in [0, 0.05) is 10.6 Å². The molecular formula is C24H14ClF4N5O4. The van der Waals surface area contributed by atoms with Crippen molar-refractivity contribution in [3.05, 3.63) is 97.3 Å². The van der Waals surface area contributed by atoms with Gasteiger partial charge in [0.05, 0.1) is 42.9 Å². The summed E-state index contributed by atoms with van der Waals surface area (Å²) in [6, 6.07) is 10.2. The van der Waals surface area contributed by atoms with Crippen molar-refractivity contribution in [2.24, 2.45) is 0 Å². The average molecular weight is 548 g/mol. The molecule has 2 aromatic heterocycles. The number of hydrogen-bond donors (Lipinski definition) is 1. The van der Waals surface area contributed by atoms with Gasteiger partial charge in [0.2, 0.25) is 5.75 Å². The molecule has 0 saturated carbocycles. The van der Waals surface area contributed by atoms with Crippen molar-refractivity contribution < 1.29 is 27.0 Å². The van der Waals surface area contributed by atoms with E-state index in [2.05, 4.69) is 15.2 Å². The fourth-order valence-corrected chi connectivity index (χ4v) is 3.65. The van der Waals surface area contributed by atoms with E-state index in [9.17, 15) is 27.2 Å². The highest BCUT2D eigenvalue weighted by molar-refractivity contribution is 6.30. The highest BCUT2D eigenvalue weighted by Gasteiger charge is 2.38. The van der Waals surface area contributed by atoms with Gasteiger partial charge in [0.1, 0.15) is 17.3 Å².